The maximum absolute atomic E-state index is 11.7. The number of amides is 2. The van der Waals surface area contributed by atoms with Crippen LogP contribution in [0, 0.1) is 17.2 Å². The van der Waals surface area contributed by atoms with Crippen LogP contribution in [-0.4, -0.2) is 35.7 Å². The van der Waals surface area contributed by atoms with Gasteiger partial charge in [-0.25, -0.2) is 4.79 Å². The maximum atomic E-state index is 11.7. The standard InChI is InChI=1S/C12H13N3O2/c13-5-9-1-3-11(4-2-9)14-12(17)15-6-10(7-15)8-16/h1-4,10,16H,6-8H2,(H,14,17). The first-order valence-electron chi connectivity index (χ1n) is 5.40. The highest BCUT2D eigenvalue weighted by atomic mass is 16.3. The van der Waals surface area contributed by atoms with Crippen molar-refractivity contribution in [3.63, 3.8) is 0 Å². The molecule has 2 N–H and O–H groups in total. The molecule has 0 bridgehead atoms. The van der Waals surface area contributed by atoms with E-state index >= 15 is 0 Å². The number of hydrogen-bond acceptors (Lipinski definition) is 3. The van der Waals surface area contributed by atoms with Gasteiger partial charge in [0.05, 0.1) is 11.6 Å². The number of nitrogens with one attached hydrogen (secondary N) is 1. The summed E-state index contributed by atoms with van der Waals surface area (Å²) in [4.78, 5) is 13.3. The SMILES string of the molecule is N#Cc1ccc(NC(=O)N2CC(CO)C2)cc1. The minimum absolute atomic E-state index is 0.126. The minimum Gasteiger partial charge on any atom is -0.396 e. The van der Waals surface area contributed by atoms with Gasteiger partial charge in [0.1, 0.15) is 0 Å². The monoisotopic (exact) mass is 231 g/mol. The number of aliphatic hydroxyl groups is 1. The highest BCUT2D eigenvalue weighted by molar-refractivity contribution is 5.89. The van der Waals surface area contributed by atoms with Crippen molar-refractivity contribution in [2.45, 2.75) is 0 Å². The highest BCUT2D eigenvalue weighted by Crippen LogP contribution is 2.17. The molecule has 0 aliphatic carbocycles. The van der Waals surface area contributed by atoms with Crippen molar-refractivity contribution in [3.8, 4) is 6.07 Å². The number of rotatable bonds is 2. The summed E-state index contributed by atoms with van der Waals surface area (Å²) in [5, 5.41) is 20.2. The molecular weight excluding hydrogens is 218 g/mol. The number of nitriles is 1. The second kappa shape index (κ2) is 4.85. The molecule has 0 spiro atoms. The van der Waals surface area contributed by atoms with Crippen molar-refractivity contribution in [1.82, 2.24) is 4.90 Å². The van der Waals surface area contributed by atoms with Crippen molar-refractivity contribution in [2.24, 2.45) is 5.92 Å². The number of hydrogen-bond donors (Lipinski definition) is 2. The highest BCUT2D eigenvalue weighted by Gasteiger charge is 2.29. The van der Waals surface area contributed by atoms with Gasteiger partial charge in [0.15, 0.2) is 0 Å². The summed E-state index contributed by atoms with van der Waals surface area (Å²) in [6, 6.07) is 8.55. The van der Waals surface area contributed by atoms with Crippen LogP contribution in [0.15, 0.2) is 24.3 Å². The van der Waals surface area contributed by atoms with E-state index in [1.165, 1.54) is 0 Å². The fourth-order valence-electron chi connectivity index (χ4n) is 1.68. The third-order valence-electron chi connectivity index (χ3n) is 2.77. The molecule has 0 aromatic heterocycles. The summed E-state index contributed by atoms with van der Waals surface area (Å²) in [5.41, 5.74) is 1.23. The quantitative estimate of drug-likeness (QED) is 0.797. The molecule has 17 heavy (non-hydrogen) atoms. The van der Waals surface area contributed by atoms with Gasteiger partial charge in [-0.1, -0.05) is 0 Å². The van der Waals surface area contributed by atoms with E-state index in [0.717, 1.165) is 0 Å². The molecule has 5 heteroatoms. The number of carbonyl (C=O) groups is 1. The maximum Gasteiger partial charge on any atom is 0.321 e. The summed E-state index contributed by atoms with van der Waals surface area (Å²) in [6.45, 7) is 1.32. The molecule has 2 amide bonds. The Kier molecular flexibility index (Phi) is 3.26. The summed E-state index contributed by atoms with van der Waals surface area (Å²) in [7, 11) is 0. The fraction of sp³-hybridized carbons (Fsp3) is 0.333. The van der Waals surface area contributed by atoms with Crippen LogP contribution in [0.1, 0.15) is 5.56 Å². The molecule has 0 atom stereocenters. The molecule has 1 aliphatic heterocycles. The van der Waals surface area contributed by atoms with Crippen molar-refractivity contribution in [1.29, 1.82) is 5.26 Å². The number of carbonyl (C=O) groups excluding carboxylic acids is 1. The Bertz CT molecular complexity index is 444. The number of anilines is 1. The van der Waals surface area contributed by atoms with Crippen LogP contribution >= 0.6 is 0 Å². The zero-order chi connectivity index (χ0) is 12.3. The molecule has 1 aliphatic rings. The Morgan fingerprint density at radius 1 is 1.47 bits per heavy atom. The molecule has 1 saturated heterocycles. The molecule has 0 saturated carbocycles. The Hall–Kier alpha value is -2.06. The van der Waals surface area contributed by atoms with E-state index in [1.54, 1.807) is 29.2 Å². The first-order valence-corrected chi connectivity index (χ1v) is 5.40. The topological polar surface area (TPSA) is 76.4 Å². The average molecular weight is 231 g/mol. The Balaban J connectivity index is 1.88. The largest absolute Gasteiger partial charge is 0.396 e. The molecule has 2 rings (SSSR count). The fourth-order valence-corrected chi connectivity index (χ4v) is 1.68. The van der Waals surface area contributed by atoms with Crippen LogP contribution < -0.4 is 5.32 Å². The zero-order valence-corrected chi connectivity index (χ0v) is 9.26. The number of nitrogens with zero attached hydrogens (tertiary/aromatic N) is 2. The van der Waals surface area contributed by atoms with Crippen LogP contribution in [0.5, 0.6) is 0 Å². The van der Waals surface area contributed by atoms with Gasteiger partial charge in [-0.15, -0.1) is 0 Å². The lowest BCUT2D eigenvalue weighted by Gasteiger charge is -2.38. The summed E-state index contributed by atoms with van der Waals surface area (Å²) < 4.78 is 0. The van der Waals surface area contributed by atoms with E-state index in [-0.39, 0.29) is 18.6 Å². The second-order valence-electron chi connectivity index (χ2n) is 4.07. The van der Waals surface area contributed by atoms with Crippen LogP contribution in [0.4, 0.5) is 10.5 Å². The van der Waals surface area contributed by atoms with E-state index in [0.29, 0.717) is 24.3 Å². The molecule has 5 nitrogen and oxygen atoms in total. The zero-order valence-electron chi connectivity index (χ0n) is 9.26. The van der Waals surface area contributed by atoms with E-state index in [4.69, 9.17) is 10.4 Å². The van der Waals surface area contributed by atoms with Gasteiger partial charge in [-0.05, 0) is 24.3 Å². The predicted octanol–water partition coefficient (Wildman–Crippen LogP) is 1.01. The number of aliphatic hydroxyl groups excluding tert-OH is 1. The predicted molar refractivity (Wildman–Crippen MR) is 62.3 cm³/mol. The lowest BCUT2D eigenvalue weighted by Crippen LogP contribution is -2.52. The van der Waals surface area contributed by atoms with E-state index in [1.807, 2.05) is 6.07 Å². The first-order chi connectivity index (χ1) is 8.22. The van der Waals surface area contributed by atoms with Crippen LogP contribution in [0.25, 0.3) is 0 Å². The molecular formula is C12H13N3O2. The van der Waals surface area contributed by atoms with Crippen molar-refractivity contribution < 1.29 is 9.90 Å². The Morgan fingerprint density at radius 2 is 2.12 bits per heavy atom. The molecule has 1 aromatic rings. The average Bonchev–Trinajstić information content (AvgIpc) is 2.28. The number of likely N-dealkylation sites (tertiary alicyclic amines) is 1. The van der Waals surface area contributed by atoms with Crippen LogP contribution in [0.2, 0.25) is 0 Å². The molecule has 1 aromatic carbocycles. The third-order valence-corrected chi connectivity index (χ3v) is 2.77. The minimum atomic E-state index is -0.167. The lowest BCUT2D eigenvalue weighted by molar-refractivity contribution is 0.0838. The van der Waals surface area contributed by atoms with E-state index in [2.05, 4.69) is 5.32 Å². The van der Waals surface area contributed by atoms with Crippen LogP contribution in [-0.2, 0) is 0 Å². The van der Waals surface area contributed by atoms with Gasteiger partial charge in [0.25, 0.3) is 0 Å². The van der Waals surface area contributed by atoms with E-state index < -0.39 is 0 Å². The Labute approximate surface area is 99.3 Å². The normalized spacial score (nSPS) is 14.9. The molecule has 88 valence electrons. The van der Waals surface area contributed by atoms with Gasteiger partial charge in [0.2, 0.25) is 0 Å². The molecule has 0 unspecified atom stereocenters. The molecule has 1 heterocycles. The number of urea groups is 1. The summed E-state index contributed by atoms with van der Waals surface area (Å²) in [5.74, 6) is 0.210. The van der Waals surface area contributed by atoms with Crippen molar-refractivity contribution in [3.05, 3.63) is 29.8 Å². The van der Waals surface area contributed by atoms with Gasteiger partial charge in [0, 0.05) is 31.3 Å². The third kappa shape index (κ3) is 2.55. The number of benzene rings is 1. The van der Waals surface area contributed by atoms with Crippen molar-refractivity contribution in [2.75, 3.05) is 25.0 Å². The van der Waals surface area contributed by atoms with Gasteiger partial charge in [-0.3, -0.25) is 0 Å². The van der Waals surface area contributed by atoms with E-state index in [9.17, 15) is 4.79 Å². The van der Waals surface area contributed by atoms with Gasteiger partial charge in [-0.2, -0.15) is 5.26 Å². The van der Waals surface area contributed by atoms with Gasteiger partial charge >= 0.3 is 6.03 Å². The smallest absolute Gasteiger partial charge is 0.321 e. The molecule has 1 fully saturated rings. The molecule has 0 radical (unpaired) electrons. The van der Waals surface area contributed by atoms with Crippen molar-refractivity contribution >= 4 is 11.7 Å². The lowest BCUT2D eigenvalue weighted by atomic mass is 10.0. The summed E-state index contributed by atoms with van der Waals surface area (Å²) >= 11 is 0. The Morgan fingerprint density at radius 3 is 2.65 bits per heavy atom. The van der Waals surface area contributed by atoms with Crippen LogP contribution in [0.3, 0.4) is 0 Å². The second-order valence-corrected chi connectivity index (χ2v) is 4.07. The summed E-state index contributed by atoms with van der Waals surface area (Å²) in [6.07, 6.45) is 0. The first kappa shape index (κ1) is 11.4. The van der Waals surface area contributed by atoms with Gasteiger partial charge < -0.3 is 15.3 Å².